The van der Waals surface area contributed by atoms with Crippen LogP contribution in [0.1, 0.15) is 27.2 Å². The summed E-state index contributed by atoms with van der Waals surface area (Å²) in [6.45, 7) is 4.44. The summed E-state index contributed by atoms with van der Waals surface area (Å²) in [5.41, 5.74) is 5.79. The van der Waals surface area contributed by atoms with Gasteiger partial charge in [-0.3, -0.25) is 4.79 Å². The molecule has 1 amide bonds. The zero-order valence-corrected chi connectivity index (χ0v) is 16.9. The number of hydrogen-bond acceptors (Lipinski definition) is 2. The maximum atomic E-state index is 13.3. The molecule has 1 N–H and O–H groups in total. The van der Waals surface area contributed by atoms with Gasteiger partial charge in [-0.15, -0.1) is 0 Å². The number of aryl methyl sites for hydroxylation is 2. The van der Waals surface area contributed by atoms with Crippen molar-refractivity contribution in [3.63, 3.8) is 0 Å². The Morgan fingerprint density at radius 2 is 1.70 bits per heavy atom. The minimum absolute atomic E-state index is 0.223. The first-order chi connectivity index (χ1) is 14.5. The Kier molecular flexibility index (Phi) is 5.44. The van der Waals surface area contributed by atoms with Crippen LogP contribution < -0.4 is 5.32 Å². The predicted molar refractivity (Wildman–Crippen MR) is 116 cm³/mol. The molecular weight excluding hydrogens is 377 g/mol. The van der Waals surface area contributed by atoms with Crippen molar-refractivity contribution in [3.05, 3.63) is 107 Å². The van der Waals surface area contributed by atoms with E-state index in [4.69, 9.17) is 0 Å². The summed E-state index contributed by atoms with van der Waals surface area (Å²) in [6, 6.07) is 23.6. The van der Waals surface area contributed by atoms with Crippen LogP contribution in [0.2, 0.25) is 0 Å². The first kappa shape index (κ1) is 19.6. The maximum absolute atomic E-state index is 13.3. The van der Waals surface area contributed by atoms with Gasteiger partial charge in [0.2, 0.25) is 0 Å². The average Bonchev–Trinajstić information content (AvgIpc) is 3.18. The van der Waals surface area contributed by atoms with Gasteiger partial charge in [0.15, 0.2) is 0 Å². The normalized spacial score (nSPS) is 10.8. The maximum Gasteiger partial charge on any atom is 0.270 e. The molecule has 0 fully saturated rings. The summed E-state index contributed by atoms with van der Waals surface area (Å²) >= 11 is 0. The highest BCUT2D eigenvalue weighted by Gasteiger charge is 2.18. The average molecular weight is 399 g/mol. The second-order valence-electron chi connectivity index (χ2n) is 7.29. The predicted octanol–water partition coefficient (Wildman–Crippen LogP) is 5.23. The second-order valence-corrected chi connectivity index (χ2v) is 7.29. The van der Waals surface area contributed by atoms with Gasteiger partial charge in [-0.2, -0.15) is 5.10 Å². The summed E-state index contributed by atoms with van der Waals surface area (Å²) in [6.07, 6.45) is 0. The number of nitrogens with zero attached hydrogens (tertiary/aromatic N) is 2. The molecule has 0 saturated carbocycles. The van der Waals surface area contributed by atoms with E-state index in [1.165, 1.54) is 12.1 Å². The molecule has 0 saturated heterocycles. The smallest absolute Gasteiger partial charge is 0.270 e. The van der Waals surface area contributed by atoms with Gasteiger partial charge in [0.1, 0.15) is 11.5 Å². The molecule has 150 valence electrons. The lowest BCUT2D eigenvalue weighted by molar-refractivity contribution is 0.0943. The van der Waals surface area contributed by atoms with Crippen LogP contribution in [0, 0.1) is 19.7 Å². The number of benzene rings is 3. The van der Waals surface area contributed by atoms with E-state index in [-0.39, 0.29) is 11.7 Å². The highest BCUT2D eigenvalue weighted by atomic mass is 19.1. The molecule has 0 aliphatic heterocycles. The Balaban J connectivity index is 1.73. The third kappa shape index (κ3) is 4.15. The molecule has 30 heavy (non-hydrogen) atoms. The molecule has 0 spiro atoms. The Bertz CT molecular complexity index is 1180. The third-order valence-electron chi connectivity index (χ3n) is 4.96. The van der Waals surface area contributed by atoms with E-state index in [2.05, 4.69) is 16.5 Å². The summed E-state index contributed by atoms with van der Waals surface area (Å²) in [7, 11) is 0. The minimum atomic E-state index is -0.312. The molecular formula is C25H22FN3O. The van der Waals surface area contributed by atoms with E-state index in [0.717, 1.165) is 27.9 Å². The molecule has 0 atom stereocenters. The van der Waals surface area contributed by atoms with E-state index in [1.807, 2.05) is 56.3 Å². The molecule has 4 rings (SSSR count). The zero-order chi connectivity index (χ0) is 21.1. The van der Waals surface area contributed by atoms with E-state index >= 15 is 0 Å². The van der Waals surface area contributed by atoms with Crippen LogP contribution in [-0.2, 0) is 6.54 Å². The number of hydrogen-bond donors (Lipinski definition) is 1. The number of nitrogens with one attached hydrogen (secondary N) is 1. The van der Waals surface area contributed by atoms with Gasteiger partial charge in [-0.05, 0) is 61.4 Å². The van der Waals surface area contributed by atoms with E-state index in [9.17, 15) is 9.18 Å². The second kappa shape index (κ2) is 8.33. The first-order valence-electron chi connectivity index (χ1n) is 9.77. The SMILES string of the molecule is Cc1ccc(-n2nc(-c3ccc(F)cc3)cc2C(=O)NCc2ccccc2)c(C)c1. The fourth-order valence-corrected chi connectivity index (χ4v) is 3.40. The lowest BCUT2D eigenvalue weighted by Gasteiger charge is -2.11. The highest BCUT2D eigenvalue weighted by Crippen LogP contribution is 2.24. The molecule has 0 aliphatic rings. The monoisotopic (exact) mass is 399 g/mol. The van der Waals surface area contributed by atoms with Gasteiger partial charge in [0.25, 0.3) is 5.91 Å². The van der Waals surface area contributed by atoms with Gasteiger partial charge in [0.05, 0.1) is 11.4 Å². The van der Waals surface area contributed by atoms with Crippen LogP contribution in [0.4, 0.5) is 4.39 Å². The number of carbonyl (C=O) groups is 1. The van der Waals surface area contributed by atoms with Gasteiger partial charge >= 0.3 is 0 Å². The largest absolute Gasteiger partial charge is 0.347 e. The molecule has 3 aromatic carbocycles. The molecule has 4 nitrogen and oxygen atoms in total. The number of amides is 1. The van der Waals surface area contributed by atoms with Gasteiger partial charge < -0.3 is 5.32 Å². The number of carbonyl (C=O) groups excluding carboxylic acids is 1. The van der Waals surface area contributed by atoms with Crippen molar-refractivity contribution in [2.24, 2.45) is 0 Å². The molecule has 0 bridgehead atoms. The molecule has 0 radical (unpaired) electrons. The lowest BCUT2D eigenvalue weighted by atomic mass is 10.1. The van der Waals surface area contributed by atoms with Crippen molar-refractivity contribution >= 4 is 5.91 Å². The molecule has 0 aliphatic carbocycles. The van der Waals surface area contributed by atoms with Crippen LogP contribution in [-0.4, -0.2) is 15.7 Å². The van der Waals surface area contributed by atoms with Crippen LogP contribution in [0.5, 0.6) is 0 Å². The Labute approximate surface area is 175 Å². The molecule has 0 unspecified atom stereocenters. The third-order valence-corrected chi connectivity index (χ3v) is 4.96. The van der Waals surface area contributed by atoms with Crippen LogP contribution in [0.25, 0.3) is 16.9 Å². The van der Waals surface area contributed by atoms with Crippen molar-refractivity contribution in [2.75, 3.05) is 0 Å². The highest BCUT2D eigenvalue weighted by molar-refractivity contribution is 5.94. The quantitative estimate of drug-likeness (QED) is 0.500. The first-order valence-corrected chi connectivity index (χ1v) is 9.77. The van der Waals surface area contributed by atoms with Crippen molar-refractivity contribution < 1.29 is 9.18 Å². The lowest BCUT2D eigenvalue weighted by Crippen LogP contribution is -2.25. The van der Waals surface area contributed by atoms with E-state index in [0.29, 0.717) is 17.9 Å². The Hall–Kier alpha value is -3.73. The van der Waals surface area contributed by atoms with Crippen LogP contribution in [0.3, 0.4) is 0 Å². The minimum Gasteiger partial charge on any atom is -0.347 e. The standard InChI is InChI=1S/C25H22FN3O/c1-17-8-13-23(18(2)14-17)29-24(25(30)27-16-19-6-4-3-5-7-19)15-22(28-29)20-9-11-21(26)12-10-20/h3-15H,16H2,1-2H3,(H,27,30). The summed E-state index contributed by atoms with van der Waals surface area (Å²) in [5, 5.41) is 7.65. The summed E-state index contributed by atoms with van der Waals surface area (Å²) < 4.78 is 15.0. The Morgan fingerprint density at radius 3 is 2.40 bits per heavy atom. The number of halogens is 1. The fourth-order valence-electron chi connectivity index (χ4n) is 3.40. The number of rotatable bonds is 5. The Morgan fingerprint density at radius 1 is 0.967 bits per heavy atom. The molecule has 5 heteroatoms. The van der Waals surface area contributed by atoms with Crippen molar-refractivity contribution in [3.8, 4) is 16.9 Å². The van der Waals surface area contributed by atoms with Gasteiger partial charge in [-0.1, -0.05) is 48.0 Å². The fraction of sp³-hybridized carbons (Fsp3) is 0.120. The van der Waals surface area contributed by atoms with Crippen LogP contribution in [0.15, 0.2) is 78.9 Å². The molecule has 1 heterocycles. The van der Waals surface area contributed by atoms with E-state index < -0.39 is 0 Å². The van der Waals surface area contributed by atoms with Gasteiger partial charge in [-0.25, -0.2) is 9.07 Å². The van der Waals surface area contributed by atoms with Crippen molar-refractivity contribution in [1.29, 1.82) is 0 Å². The van der Waals surface area contributed by atoms with Crippen LogP contribution >= 0.6 is 0 Å². The number of aromatic nitrogens is 2. The van der Waals surface area contributed by atoms with Crippen molar-refractivity contribution in [1.82, 2.24) is 15.1 Å². The molecule has 4 aromatic rings. The molecule has 1 aromatic heterocycles. The van der Waals surface area contributed by atoms with Gasteiger partial charge in [0, 0.05) is 12.1 Å². The van der Waals surface area contributed by atoms with Crippen molar-refractivity contribution in [2.45, 2.75) is 20.4 Å². The summed E-state index contributed by atoms with van der Waals surface area (Å²) in [4.78, 5) is 13.1. The zero-order valence-electron chi connectivity index (χ0n) is 16.9. The summed E-state index contributed by atoms with van der Waals surface area (Å²) in [5.74, 6) is -0.534. The van der Waals surface area contributed by atoms with E-state index in [1.54, 1.807) is 22.9 Å². The topological polar surface area (TPSA) is 46.9 Å².